The highest BCUT2D eigenvalue weighted by atomic mass is 32.2. The normalized spacial score (nSPS) is 19.5. The zero-order chi connectivity index (χ0) is 31.2. The average Bonchev–Trinajstić information content (AvgIpc) is 3.03. The molecule has 2 aliphatic heterocycles. The summed E-state index contributed by atoms with van der Waals surface area (Å²) in [6.45, 7) is 8.11. The molecule has 1 unspecified atom stereocenters. The van der Waals surface area contributed by atoms with Gasteiger partial charge in [-0.3, -0.25) is 4.98 Å². The van der Waals surface area contributed by atoms with Gasteiger partial charge in [-0.1, -0.05) is 12.5 Å². The lowest BCUT2D eigenvalue weighted by Gasteiger charge is -2.38. The third kappa shape index (κ3) is 7.55. The average molecular weight is 625 g/mol. The van der Waals surface area contributed by atoms with E-state index in [0.29, 0.717) is 54.1 Å². The predicted octanol–water partition coefficient (Wildman–Crippen LogP) is 3.19. The molecule has 5 rings (SSSR count). The first-order valence-corrected chi connectivity index (χ1v) is 16.8. The van der Waals surface area contributed by atoms with Gasteiger partial charge in [0.1, 0.15) is 12.4 Å². The van der Waals surface area contributed by atoms with Crippen LogP contribution in [-0.2, 0) is 22.2 Å². The van der Waals surface area contributed by atoms with Crippen molar-refractivity contribution >= 4 is 10.0 Å². The maximum atomic E-state index is 13.8. The molecule has 0 amide bonds. The first-order valence-electron chi connectivity index (χ1n) is 15.4. The molecule has 2 saturated heterocycles. The van der Waals surface area contributed by atoms with E-state index < -0.39 is 15.6 Å². The molecule has 44 heavy (non-hydrogen) atoms. The van der Waals surface area contributed by atoms with Crippen molar-refractivity contribution in [3.8, 4) is 11.8 Å². The van der Waals surface area contributed by atoms with Crippen molar-refractivity contribution in [2.45, 2.75) is 69.0 Å². The van der Waals surface area contributed by atoms with E-state index in [0.717, 1.165) is 50.3 Å². The lowest BCUT2D eigenvalue weighted by Crippen LogP contribution is -2.47. The molecule has 0 aliphatic carbocycles. The summed E-state index contributed by atoms with van der Waals surface area (Å²) in [5.74, 6) is 0.644. The fourth-order valence-corrected chi connectivity index (χ4v) is 8.35. The lowest BCUT2D eigenvalue weighted by atomic mass is 9.85. The van der Waals surface area contributed by atoms with Crippen LogP contribution in [-0.4, -0.2) is 90.2 Å². The second-order valence-corrected chi connectivity index (χ2v) is 13.6. The Hall–Kier alpha value is -3.16. The van der Waals surface area contributed by atoms with E-state index in [4.69, 9.17) is 9.47 Å². The summed E-state index contributed by atoms with van der Waals surface area (Å²) in [6, 6.07) is 9.13. The number of aliphatic hydroxyl groups is 1. The molecule has 2 N–H and O–H groups in total. The Balaban J connectivity index is 1.11. The Kier molecular flexibility index (Phi) is 10.5. The number of sulfonamides is 1. The summed E-state index contributed by atoms with van der Waals surface area (Å²) >= 11 is 0. The van der Waals surface area contributed by atoms with Crippen LogP contribution in [0.4, 0.5) is 0 Å². The molecule has 3 aromatic rings. The Labute approximate surface area is 260 Å². The minimum Gasteiger partial charge on any atom is -0.497 e. The van der Waals surface area contributed by atoms with Gasteiger partial charge >= 0.3 is 6.01 Å². The van der Waals surface area contributed by atoms with E-state index in [9.17, 15) is 13.5 Å². The Morgan fingerprint density at radius 3 is 2.57 bits per heavy atom. The summed E-state index contributed by atoms with van der Waals surface area (Å²) in [7, 11) is -2.15. The van der Waals surface area contributed by atoms with Gasteiger partial charge in [0.25, 0.3) is 0 Å². The minimum absolute atomic E-state index is 0.185. The number of hydrogen-bond acceptors (Lipinski definition) is 10. The Bertz CT molecular complexity index is 1470. The van der Waals surface area contributed by atoms with Crippen LogP contribution in [0.15, 0.2) is 53.8 Å². The van der Waals surface area contributed by atoms with Crippen LogP contribution in [0.25, 0.3) is 0 Å². The van der Waals surface area contributed by atoms with E-state index >= 15 is 0 Å². The highest BCUT2D eigenvalue weighted by Crippen LogP contribution is 2.33. The van der Waals surface area contributed by atoms with Gasteiger partial charge in [0, 0.05) is 63.4 Å². The molecule has 238 valence electrons. The molecule has 4 heterocycles. The molecule has 0 bridgehead atoms. The standard InChI is InChI=1S/C32H44N6O5S/c1-24-19-29(42-3)20-25(2)30(24)44(40,41)38-15-5-4-8-28(38)23-43-31-35-13-9-27(36-31)22-34-14-18-37-16-10-32(39,11-17-37)26-7-6-12-33-21-26/h6-7,9,12-13,19-21,28,34,39H,4-5,8,10-11,14-18,22-23H2,1-3H3. The zero-order valence-corrected chi connectivity index (χ0v) is 26.7. The number of nitrogens with zero attached hydrogens (tertiary/aromatic N) is 5. The second-order valence-electron chi connectivity index (χ2n) is 11.8. The molecular weight excluding hydrogens is 580 g/mol. The molecule has 1 atom stereocenters. The van der Waals surface area contributed by atoms with Crippen LogP contribution >= 0.6 is 0 Å². The quantitative estimate of drug-likeness (QED) is 0.290. The molecular formula is C32H44N6O5S. The van der Waals surface area contributed by atoms with Crippen LogP contribution in [0.3, 0.4) is 0 Å². The van der Waals surface area contributed by atoms with Gasteiger partial charge < -0.3 is 24.8 Å². The molecule has 0 saturated carbocycles. The number of rotatable bonds is 12. The minimum atomic E-state index is -3.73. The number of methoxy groups -OCH3 is 1. The van der Waals surface area contributed by atoms with Crippen molar-refractivity contribution in [2.24, 2.45) is 0 Å². The van der Waals surface area contributed by atoms with Gasteiger partial charge in [-0.15, -0.1) is 0 Å². The van der Waals surface area contributed by atoms with Crippen molar-refractivity contribution in [1.29, 1.82) is 0 Å². The van der Waals surface area contributed by atoms with Crippen molar-refractivity contribution in [2.75, 3.05) is 46.4 Å². The predicted molar refractivity (Wildman–Crippen MR) is 167 cm³/mol. The Morgan fingerprint density at radius 2 is 1.86 bits per heavy atom. The van der Waals surface area contributed by atoms with Gasteiger partial charge in [0.05, 0.1) is 29.3 Å². The molecule has 1 aromatic carbocycles. The number of nitrogens with one attached hydrogen (secondary N) is 1. The summed E-state index contributed by atoms with van der Waals surface area (Å²) in [6.07, 6.45) is 8.98. The fraction of sp³-hybridized carbons (Fsp3) is 0.531. The molecule has 0 radical (unpaired) electrons. The largest absolute Gasteiger partial charge is 0.497 e. The zero-order valence-electron chi connectivity index (χ0n) is 25.9. The van der Waals surface area contributed by atoms with Crippen LogP contribution in [0.5, 0.6) is 11.8 Å². The molecule has 2 aromatic heterocycles. The first-order chi connectivity index (χ1) is 21.2. The summed E-state index contributed by atoms with van der Waals surface area (Å²) in [5.41, 5.74) is 2.23. The highest BCUT2D eigenvalue weighted by Gasteiger charge is 2.36. The summed E-state index contributed by atoms with van der Waals surface area (Å²) in [5, 5.41) is 14.5. The first kappa shape index (κ1) is 32.2. The SMILES string of the molecule is COc1cc(C)c(S(=O)(=O)N2CCCCC2COc2nccc(CNCCN3CCC(O)(c4cccnc4)CC3)n2)c(C)c1. The third-order valence-corrected chi connectivity index (χ3v) is 11.0. The lowest BCUT2D eigenvalue weighted by molar-refractivity contribution is -0.0258. The number of ether oxygens (including phenoxy) is 2. The van der Waals surface area contributed by atoms with Gasteiger partial charge in [-0.05, 0) is 74.9 Å². The van der Waals surface area contributed by atoms with E-state index in [1.54, 1.807) is 56.0 Å². The Morgan fingerprint density at radius 1 is 1.09 bits per heavy atom. The van der Waals surface area contributed by atoms with Crippen LogP contribution < -0.4 is 14.8 Å². The van der Waals surface area contributed by atoms with Crippen LogP contribution in [0.2, 0.25) is 0 Å². The van der Waals surface area contributed by atoms with Crippen molar-refractivity contribution in [1.82, 2.24) is 29.5 Å². The molecule has 2 aliphatic rings. The van der Waals surface area contributed by atoms with E-state index in [1.165, 1.54) is 0 Å². The van der Waals surface area contributed by atoms with E-state index in [-0.39, 0.29) is 18.7 Å². The number of pyridine rings is 1. The smallest absolute Gasteiger partial charge is 0.316 e. The molecule has 2 fully saturated rings. The molecule has 11 nitrogen and oxygen atoms in total. The highest BCUT2D eigenvalue weighted by molar-refractivity contribution is 7.89. The number of benzene rings is 1. The van der Waals surface area contributed by atoms with Crippen molar-refractivity contribution in [3.05, 3.63) is 71.3 Å². The number of hydrogen-bond donors (Lipinski definition) is 2. The number of aromatic nitrogens is 3. The number of aryl methyl sites for hydroxylation is 2. The molecule has 12 heteroatoms. The fourth-order valence-electron chi connectivity index (χ4n) is 6.25. The topological polar surface area (TPSA) is 130 Å². The molecule has 0 spiro atoms. The van der Waals surface area contributed by atoms with Crippen LogP contribution in [0.1, 0.15) is 54.5 Å². The van der Waals surface area contributed by atoms with Gasteiger partial charge in [0.15, 0.2) is 0 Å². The third-order valence-electron chi connectivity index (χ3n) is 8.70. The van der Waals surface area contributed by atoms with Gasteiger partial charge in [0.2, 0.25) is 10.0 Å². The van der Waals surface area contributed by atoms with Crippen LogP contribution in [0, 0.1) is 13.8 Å². The van der Waals surface area contributed by atoms with Gasteiger partial charge in [-0.25, -0.2) is 13.4 Å². The van der Waals surface area contributed by atoms with Crippen molar-refractivity contribution in [3.63, 3.8) is 0 Å². The number of likely N-dealkylation sites (tertiary alicyclic amines) is 1. The maximum absolute atomic E-state index is 13.8. The van der Waals surface area contributed by atoms with Crippen molar-refractivity contribution < 1.29 is 23.0 Å². The van der Waals surface area contributed by atoms with E-state index in [1.807, 2.05) is 18.2 Å². The second kappa shape index (κ2) is 14.3. The van der Waals surface area contributed by atoms with Gasteiger partial charge in [-0.2, -0.15) is 9.29 Å². The maximum Gasteiger partial charge on any atom is 0.316 e. The summed E-state index contributed by atoms with van der Waals surface area (Å²) in [4.78, 5) is 15.7. The monoisotopic (exact) mass is 624 g/mol. The van der Waals surface area contributed by atoms with E-state index in [2.05, 4.69) is 25.2 Å². The number of piperidine rings is 2. The summed E-state index contributed by atoms with van der Waals surface area (Å²) < 4.78 is 40.6.